The molecule has 17 heavy (non-hydrogen) atoms. The monoisotopic (exact) mass is 398 g/mol. The zero-order valence-corrected chi connectivity index (χ0v) is 13.7. The number of rotatable bonds is 4. The summed E-state index contributed by atoms with van der Waals surface area (Å²) >= 11 is 0. The minimum atomic E-state index is -4.25. The van der Waals surface area contributed by atoms with Crippen molar-refractivity contribution in [2.24, 2.45) is 0 Å². The van der Waals surface area contributed by atoms with Crippen LogP contribution >= 0.6 is 0 Å². The van der Waals surface area contributed by atoms with Crippen LogP contribution < -0.4 is 0 Å². The van der Waals surface area contributed by atoms with E-state index in [0.29, 0.717) is 0 Å². The standard InChI is InChI=1S/2C3H8O4S.Sn/c2*1-3(2-4)8(5,6)7;/h2*3-4H,2H2,1H3,(H,5,6,7);/q;;+2/p-2. The zero-order chi connectivity index (χ0) is 13.6. The molecular formula is C6H14O8S2Sn. The van der Waals surface area contributed by atoms with Crippen LogP contribution in [0.5, 0.6) is 0 Å². The first kappa shape index (κ1) is 22.7. The molecule has 0 aliphatic heterocycles. The van der Waals surface area contributed by atoms with Crippen LogP contribution in [0.15, 0.2) is 0 Å². The molecule has 8 nitrogen and oxygen atoms in total. The molecule has 11 heteroatoms. The Morgan fingerprint density at radius 2 is 1.06 bits per heavy atom. The van der Waals surface area contributed by atoms with Gasteiger partial charge in [-0.05, 0) is 13.8 Å². The fourth-order valence-corrected chi connectivity index (χ4v) is 0.548. The van der Waals surface area contributed by atoms with E-state index in [-0.39, 0.29) is 23.9 Å². The van der Waals surface area contributed by atoms with Gasteiger partial charge >= 0.3 is 23.9 Å². The van der Waals surface area contributed by atoms with Crippen LogP contribution in [0.3, 0.4) is 0 Å². The zero-order valence-electron chi connectivity index (χ0n) is 9.23. The fraction of sp³-hybridized carbons (Fsp3) is 1.00. The fourth-order valence-electron chi connectivity index (χ4n) is 0.183. The predicted molar refractivity (Wildman–Crippen MR) is 58.2 cm³/mol. The normalized spacial score (nSPS) is 14.9. The van der Waals surface area contributed by atoms with Gasteiger partial charge in [-0.1, -0.05) is 0 Å². The molecule has 0 bridgehead atoms. The molecule has 0 fully saturated rings. The molecule has 2 radical (unpaired) electrons. The molecule has 0 spiro atoms. The molecule has 0 rings (SSSR count). The molecule has 0 heterocycles. The summed E-state index contributed by atoms with van der Waals surface area (Å²) in [7, 11) is -8.51. The number of aliphatic hydroxyl groups is 2. The molecule has 0 saturated carbocycles. The minimum Gasteiger partial charge on any atom is -0.748 e. The smallest absolute Gasteiger partial charge is 0.748 e. The maximum absolute atomic E-state index is 9.85. The molecule has 0 saturated heterocycles. The van der Waals surface area contributed by atoms with Gasteiger partial charge in [0, 0.05) is 0 Å². The molecule has 2 unspecified atom stereocenters. The molecule has 2 atom stereocenters. The Hall–Kier alpha value is 0.539. The predicted octanol–water partition coefficient (Wildman–Crippen LogP) is -2.56. The summed E-state index contributed by atoms with van der Waals surface area (Å²) in [4.78, 5) is 0. The van der Waals surface area contributed by atoms with E-state index in [1.54, 1.807) is 0 Å². The first-order valence-corrected chi connectivity index (χ1v) is 7.02. The maximum Gasteiger partial charge on any atom is 2.00 e. The Balaban J connectivity index is -0.000000218. The third-order valence-corrected chi connectivity index (χ3v) is 3.77. The number of aliphatic hydroxyl groups excluding tert-OH is 2. The summed E-state index contributed by atoms with van der Waals surface area (Å²) in [5, 5.41) is 13.8. The van der Waals surface area contributed by atoms with Crippen LogP contribution in [0.4, 0.5) is 0 Å². The summed E-state index contributed by atoms with van der Waals surface area (Å²) < 4.78 is 59.1. The molecule has 0 aromatic carbocycles. The topological polar surface area (TPSA) is 155 Å². The quantitative estimate of drug-likeness (QED) is 0.388. The van der Waals surface area contributed by atoms with Crippen LogP contribution in [0.1, 0.15) is 13.8 Å². The first-order valence-electron chi connectivity index (χ1n) is 4.08. The summed E-state index contributed by atoms with van der Waals surface area (Å²) in [6.45, 7) is 1.10. The van der Waals surface area contributed by atoms with Crippen molar-refractivity contribution in [1.29, 1.82) is 0 Å². The largest absolute Gasteiger partial charge is 2.00 e. The Morgan fingerprint density at radius 1 is 0.882 bits per heavy atom. The van der Waals surface area contributed by atoms with Crippen LogP contribution in [0, 0.1) is 0 Å². The van der Waals surface area contributed by atoms with Crippen molar-refractivity contribution >= 4 is 44.1 Å². The van der Waals surface area contributed by atoms with Crippen LogP contribution in [0.25, 0.3) is 0 Å². The van der Waals surface area contributed by atoms with Crippen molar-refractivity contribution in [3.8, 4) is 0 Å². The summed E-state index contributed by atoms with van der Waals surface area (Å²) in [5.41, 5.74) is 0. The molecule has 0 aliphatic carbocycles. The van der Waals surface area contributed by atoms with Crippen molar-refractivity contribution in [2.45, 2.75) is 24.3 Å². The van der Waals surface area contributed by atoms with Crippen LogP contribution in [-0.2, 0) is 20.2 Å². The second-order valence-electron chi connectivity index (χ2n) is 2.97. The van der Waals surface area contributed by atoms with Gasteiger partial charge < -0.3 is 19.3 Å². The first-order chi connectivity index (χ1) is 6.96. The minimum absolute atomic E-state index is 0. The second-order valence-corrected chi connectivity index (χ2v) is 6.55. The van der Waals surface area contributed by atoms with E-state index < -0.39 is 43.9 Å². The van der Waals surface area contributed by atoms with Gasteiger partial charge in [-0.25, -0.2) is 16.8 Å². The van der Waals surface area contributed by atoms with Crippen molar-refractivity contribution in [2.75, 3.05) is 13.2 Å². The third kappa shape index (κ3) is 12.8. The van der Waals surface area contributed by atoms with E-state index in [9.17, 15) is 25.9 Å². The van der Waals surface area contributed by atoms with Gasteiger partial charge in [0.15, 0.2) is 0 Å². The van der Waals surface area contributed by atoms with E-state index in [1.165, 1.54) is 0 Å². The molecule has 0 aromatic heterocycles. The van der Waals surface area contributed by atoms with Crippen LogP contribution in [0.2, 0.25) is 0 Å². The molecular weight excluding hydrogens is 383 g/mol. The molecule has 0 amide bonds. The molecule has 0 aromatic rings. The SMILES string of the molecule is CC(CO)S(=O)(=O)[O-].CC(CO)S(=O)(=O)[O-].[Sn+2]. The van der Waals surface area contributed by atoms with Gasteiger partial charge in [0.05, 0.1) is 43.9 Å². The van der Waals surface area contributed by atoms with Crippen molar-refractivity contribution < 1.29 is 36.2 Å². The third-order valence-electron chi connectivity index (χ3n) is 1.50. The summed E-state index contributed by atoms with van der Waals surface area (Å²) in [6.07, 6.45) is 0. The van der Waals surface area contributed by atoms with Crippen molar-refractivity contribution in [3.63, 3.8) is 0 Å². The Bertz CT molecular complexity index is 337. The Kier molecular flexibility index (Phi) is 12.6. The van der Waals surface area contributed by atoms with Gasteiger partial charge in [-0.15, -0.1) is 0 Å². The van der Waals surface area contributed by atoms with Crippen molar-refractivity contribution in [3.05, 3.63) is 0 Å². The second kappa shape index (κ2) is 9.47. The van der Waals surface area contributed by atoms with E-state index in [0.717, 1.165) is 13.8 Å². The van der Waals surface area contributed by atoms with Gasteiger partial charge in [0.1, 0.15) is 0 Å². The molecule has 102 valence electrons. The average Bonchev–Trinajstić information content (AvgIpc) is 2.13. The van der Waals surface area contributed by atoms with E-state index in [2.05, 4.69) is 0 Å². The summed E-state index contributed by atoms with van der Waals surface area (Å²) in [5.74, 6) is 0. The van der Waals surface area contributed by atoms with E-state index in [4.69, 9.17) is 10.2 Å². The van der Waals surface area contributed by atoms with Gasteiger partial charge in [0.2, 0.25) is 0 Å². The molecule has 0 aliphatic rings. The van der Waals surface area contributed by atoms with Crippen LogP contribution in [-0.4, -0.2) is 83.8 Å². The van der Waals surface area contributed by atoms with Gasteiger partial charge in [-0.3, -0.25) is 0 Å². The van der Waals surface area contributed by atoms with E-state index >= 15 is 0 Å². The number of hydrogen-bond donors (Lipinski definition) is 2. The van der Waals surface area contributed by atoms with Crippen molar-refractivity contribution in [1.82, 2.24) is 0 Å². The molecule has 2 N–H and O–H groups in total. The Labute approximate surface area is 117 Å². The summed E-state index contributed by atoms with van der Waals surface area (Å²) in [6, 6.07) is 0. The average molecular weight is 397 g/mol. The van der Waals surface area contributed by atoms with E-state index in [1.807, 2.05) is 0 Å². The number of hydrogen-bond acceptors (Lipinski definition) is 8. The Morgan fingerprint density at radius 3 is 1.06 bits per heavy atom. The van der Waals surface area contributed by atoms with Gasteiger partial charge in [-0.2, -0.15) is 0 Å². The maximum atomic E-state index is 9.85. The van der Waals surface area contributed by atoms with Gasteiger partial charge in [0.25, 0.3) is 0 Å².